The van der Waals surface area contributed by atoms with E-state index < -0.39 is 10.2 Å². The van der Waals surface area contributed by atoms with Crippen LogP contribution in [0.2, 0.25) is 0 Å². The second kappa shape index (κ2) is 4.35. The Bertz CT molecular complexity index is 372. The molecule has 0 radical (unpaired) electrons. The van der Waals surface area contributed by atoms with E-state index in [0.717, 1.165) is 5.69 Å². The Hall–Kier alpha value is -0.500. The van der Waals surface area contributed by atoms with Gasteiger partial charge >= 0.3 is 0 Å². The minimum Gasteiger partial charge on any atom is -0.248 e. The molecule has 1 rings (SSSR count). The van der Waals surface area contributed by atoms with Crippen LogP contribution in [0, 0.1) is 0 Å². The van der Waals surface area contributed by atoms with Crippen LogP contribution in [0.15, 0.2) is 10.9 Å². The summed E-state index contributed by atoms with van der Waals surface area (Å²) in [5.41, 5.74) is 2.45. The minimum atomic E-state index is -3.32. The van der Waals surface area contributed by atoms with Crippen molar-refractivity contribution in [2.75, 3.05) is 21.1 Å². The predicted molar refractivity (Wildman–Crippen MR) is 56.2 cm³/mol. The molecule has 0 aromatic carbocycles. The van der Waals surface area contributed by atoms with Gasteiger partial charge in [-0.05, 0) is 0 Å². The number of rotatable bonds is 4. The van der Waals surface area contributed by atoms with Gasteiger partial charge in [0.05, 0.1) is 17.7 Å². The molecule has 1 aromatic rings. The molecule has 1 heterocycles. The average Bonchev–Trinajstić information content (AvgIpc) is 2.56. The van der Waals surface area contributed by atoms with Gasteiger partial charge in [-0.3, -0.25) is 0 Å². The number of aromatic nitrogens is 1. The lowest BCUT2D eigenvalue weighted by Gasteiger charge is -2.20. The molecule has 0 atom stereocenters. The van der Waals surface area contributed by atoms with Gasteiger partial charge in [0.15, 0.2) is 0 Å². The van der Waals surface area contributed by atoms with E-state index in [1.54, 1.807) is 5.51 Å². The molecular formula is C7H13N3O2S2. The lowest BCUT2D eigenvalue weighted by atomic mass is 10.5. The standard InChI is InChI=1S/C7H13N3O2S2/c1-9(2)14(11,12)10(3)4-7-5-13-6-8-7/h5-6H,4H2,1-3H3. The molecule has 0 bridgehead atoms. The van der Waals surface area contributed by atoms with Crippen molar-refractivity contribution in [3.63, 3.8) is 0 Å². The third-order valence-corrected chi connectivity index (χ3v) is 4.20. The molecule has 0 saturated heterocycles. The zero-order valence-electron chi connectivity index (χ0n) is 8.34. The summed E-state index contributed by atoms with van der Waals surface area (Å²) >= 11 is 1.45. The van der Waals surface area contributed by atoms with Crippen LogP contribution in [0.3, 0.4) is 0 Å². The maximum absolute atomic E-state index is 11.6. The van der Waals surface area contributed by atoms with Crippen LogP contribution in [0.1, 0.15) is 5.69 Å². The molecule has 0 fully saturated rings. The fraction of sp³-hybridized carbons (Fsp3) is 0.571. The SMILES string of the molecule is CN(C)S(=O)(=O)N(C)Cc1cscn1. The second-order valence-electron chi connectivity index (χ2n) is 3.03. The summed E-state index contributed by atoms with van der Waals surface area (Å²) in [5, 5.41) is 1.84. The predicted octanol–water partition coefficient (Wildman–Crippen LogP) is 0.381. The molecular weight excluding hydrogens is 222 g/mol. The summed E-state index contributed by atoms with van der Waals surface area (Å²) in [7, 11) is 1.23. The van der Waals surface area contributed by atoms with Crippen LogP contribution >= 0.6 is 11.3 Å². The van der Waals surface area contributed by atoms with Gasteiger partial charge in [0.25, 0.3) is 10.2 Å². The smallest absolute Gasteiger partial charge is 0.248 e. The lowest BCUT2D eigenvalue weighted by molar-refractivity contribution is 0.412. The van der Waals surface area contributed by atoms with Crippen LogP contribution in [0.25, 0.3) is 0 Å². The van der Waals surface area contributed by atoms with Crippen LogP contribution in [-0.2, 0) is 16.8 Å². The van der Waals surface area contributed by atoms with Crippen molar-refractivity contribution in [2.24, 2.45) is 0 Å². The third-order valence-electron chi connectivity index (χ3n) is 1.72. The van der Waals surface area contributed by atoms with E-state index in [9.17, 15) is 8.42 Å². The number of nitrogens with zero attached hydrogens (tertiary/aromatic N) is 3. The van der Waals surface area contributed by atoms with Gasteiger partial charge in [-0.25, -0.2) is 4.98 Å². The zero-order chi connectivity index (χ0) is 10.8. The monoisotopic (exact) mass is 235 g/mol. The van der Waals surface area contributed by atoms with E-state index in [0.29, 0.717) is 6.54 Å². The van der Waals surface area contributed by atoms with Crippen molar-refractivity contribution in [1.29, 1.82) is 0 Å². The Labute approximate surface area is 88.2 Å². The Kier molecular flexibility index (Phi) is 3.59. The molecule has 0 saturated carbocycles. The number of hydrogen-bond acceptors (Lipinski definition) is 4. The molecule has 1 aromatic heterocycles. The molecule has 0 aliphatic heterocycles. The van der Waals surface area contributed by atoms with E-state index >= 15 is 0 Å². The van der Waals surface area contributed by atoms with E-state index in [-0.39, 0.29) is 0 Å². The Balaban J connectivity index is 2.72. The largest absolute Gasteiger partial charge is 0.281 e. The topological polar surface area (TPSA) is 53.5 Å². The molecule has 7 heteroatoms. The molecule has 0 unspecified atom stereocenters. The van der Waals surface area contributed by atoms with Crippen molar-refractivity contribution in [1.82, 2.24) is 13.6 Å². The third kappa shape index (κ3) is 2.50. The first-order valence-corrected chi connectivity index (χ1v) is 6.29. The zero-order valence-corrected chi connectivity index (χ0v) is 9.97. The van der Waals surface area contributed by atoms with Gasteiger partial charge in [-0.15, -0.1) is 11.3 Å². The van der Waals surface area contributed by atoms with Gasteiger partial charge in [0.2, 0.25) is 0 Å². The van der Waals surface area contributed by atoms with Crippen molar-refractivity contribution < 1.29 is 8.42 Å². The highest BCUT2D eigenvalue weighted by molar-refractivity contribution is 7.86. The number of hydrogen-bond donors (Lipinski definition) is 0. The van der Waals surface area contributed by atoms with Crippen LogP contribution in [0.5, 0.6) is 0 Å². The molecule has 14 heavy (non-hydrogen) atoms. The van der Waals surface area contributed by atoms with E-state index in [1.807, 2.05) is 5.38 Å². The van der Waals surface area contributed by atoms with Crippen molar-refractivity contribution in [2.45, 2.75) is 6.54 Å². The first-order valence-electron chi connectivity index (χ1n) is 3.95. The summed E-state index contributed by atoms with van der Waals surface area (Å²) in [4.78, 5) is 4.02. The minimum absolute atomic E-state index is 0.310. The molecule has 0 aliphatic rings. The Morgan fingerprint density at radius 2 is 2.07 bits per heavy atom. The second-order valence-corrected chi connectivity index (χ2v) is 5.99. The lowest BCUT2D eigenvalue weighted by Crippen LogP contribution is -2.36. The fourth-order valence-electron chi connectivity index (χ4n) is 0.904. The van der Waals surface area contributed by atoms with Gasteiger partial charge in [-0.2, -0.15) is 17.0 Å². The van der Waals surface area contributed by atoms with Gasteiger partial charge in [0.1, 0.15) is 0 Å². The van der Waals surface area contributed by atoms with Gasteiger partial charge in [0, 0.05) is 26.5 Å². The maximum Gasteiger partial charge on any atom is 0.281 e. The summed E-state index contributed by atoms with van der Waals surface area (Å²) in [6.45, 7) is 0.310. The van der Waals surface area contributed by atoms with E-state index in [1.165, 1.54) is 41.1 Å². The van der Waals surface area contributed by atoms with Crippen LogP contribution in [0.4, 0.5) is 0 Å². The van der Waals surface area contributed by atoms with Gasteiger partial charge < -0.3 is 0 Å². The van der Waals surface area contributed by atoms with Crippen molar-refractivity contribution >= 4 is 21.5 Å². The Morgan fingerprint density at radius 3 is 2.50 bits per heavy atom. The summed E-state index contributed by atoms with van der Waals surface area (Å²) < 4.78 is 25.6. The van der Waals surface area contributed by atoms with Crippen LogP contribution in [-0.4, -0.2) is 43.2 Å². The highest BCUT2D eigenvalue weighted by Gasteiger charge is 2.20. The molecule has 0 aliphatic carbocycles. The summed E-state index contributed by atoms with van der Waals surface area (Å²) in [5.74, 6) is 0. The number of thiazole rings is 1. The fourth-order valence-corrected chi connectivity index (χ4v) is 2.31. The molecule has 0 amide bonds. The molecule has 5 nitrogen and oxygen atoms in total. The summed E-state index contributed by atoms with van der Waals surface area (Å²) in [6.07, 6.45) is 0. The first-order chi connectivity index (χ1) is 6.44. The van der Waals surface area contributed by atoms with Crippen LogP contribution < -0.4 is 0 Å². The quantitative estimate of drug-likeness (QED) is 0.758. The molecule has 0 N–H and O–H groups in total. The maximum atomic E-state index is 11.6. The van der Waals surface area contributed by atoms with Gasteiger partial charge in [-0.1, -0.05) is 0 Å². The first kappa shape index (κ1) is 11.6. The highest BCUT2D eigenvalue weighted by atomic mass is 32.2. The molecule has 80 valence electrons. The van der Waals surface area contributed by atoms with E-state index in [4.69, 9.17) is 0 Å². The van der Waals surface area contributed by atoms with Crippen molar-refractivity contribution in [3.05, 3.63) is 16.6 Å². The van der Waals surface area contributed by atoms with Crippen molar-refractivity contribution in [3.8, 4) is 0 Å². The molecule has 0 spiro atoms. The average molecular weight is 235 g/mol. The van der Waals surface area contributed by atoms with E-state index in [2.05, 4.69) is 4.98 Å². The normalized spacial score (nSPS) is 12.6. The Morgan fingerprint density at radius 1 is 1.43 bits per heavy atom. The summed E-state index contributed by atoms with van der Waals surface area (Å²) in [6, 6.07) is 0. The highest BCUT2D eigenvalue weighted by Crippen LogP contribution is 2.08.